The third kappa shape index (κ3) is 6.60. The van der Waals surface area contributed by atoms with Crippen molar-refractivity contribution in [3.63, 3.8) is 0 Å². The second-order valence-corrected chi connectivity index (χ2v) is 9.00. The minimum absolute atomic E-state index is 0.0327. The van der Waals surface area contributed by atoms with Crippen LogP contribution in [0.1, 0.15) is 57.5 Å². The van der Waals surface area contributed by atoms with Gasteiger partial charge in [-0.2, -0.15) is 0 Å². The minimum Gasteiger partial charge on any atom is -0.497 e. The molecule has 0 unspecified atom stereocenters. The Kier molecular flexibility index (Phi) is 7.38. The normalized spacial score (nSPS) is 14.1. The Bertz CT molecular complexity index is 929. The highest BCUT2D eigenvalue weighted by Gasteiger charge is 2.31. The number of hydrogen-bond donors (Lipinski definition) is 1. The molecule has 1 aromatic rings. The second-order valence-electron chi connectivity index (χ2n) is 9.00. The van der Waals surface area contributed by atoms with Crippen LogP contribution < -0.4 is 5.32 Å². The molecule has 1 aromatic carbocycles. The Hall–Kier alpha value is -3.30. The van der Waals surface area contributed by atoms with Crippen molar-refractivity contribution < 1.29 is 37.7 Å². The molecule has 2 rings (SSSR count). The Morgan fingerprint density at radius 1 is 1.06 bits per heavy atom. The van der Waals surface area contributed by atoms with Crippen LogP contribution in [0.3, 0.4) is 0 Å². The van der Waals surface area contributed by atoms with E-state index in [9.17, 15) is 18.8 Å². The second kappa shape index (κ2) is 9.46. The molecule has 176 valence electrons. The third-order valence-corrected chi connectivity index (χ3v) is 3.96. The first-order valence-corrected chi connectivity index (χ1v) is 9.96. The summed E-state index contributed by atoms with van der Waals surface area (Å²) in [6.07, 6.45) is -0.230. The summed E-state index contributed by atoms with van der Waals surface area (Å²) in [4.78, 5) is 38.5. The summed E-state index contributed by atoms with van der Waals surface area (Å²) in [6, 6.07) is 2.12. The molecule has 0 radical (unpaired) electrons. The van der Waals surface area contributed by atoms with Crippen molar-refractivity contribution >= 4 is 29.5 Å². The number of anilines is 1. The van der Waals surface area contributed by atoms with Crippen molar-refractivity contribution in [3.05, 3.63) is 35.3 Å². The number of nitrogens with one attached hydrogen (secondary N) is 1. The molecule has 0 atom stereocenters. The fraction of sp³-hybridized carbons (Fsp3) is 0.500. The summed E-state index contributed by atoms with van der Waals surface area (Å²) >= 11 is 0. The zero-order valence-electron chi connectivity index (χ0n) is 19.3. The molecule has 2 amide bonds. The molecule has 0 saturated carbocycles. The largest absolute Gasteiger partial charge is 0.497 e. The van der Waals surface area contributed by atoms with Gasteiger partial charge in [0.25, 0.3) is 0 Å². The van der Waals surface area contributed by atoms with Crippen molar-refractivity contribution in [3.8, 4) is 0 Å². The standard InChI is InChI=1S/C22H29FN2O7/c1-21(2,3)31-19(27)24-16-11-15(23)13(18(26)29-7)10-14(16)17-12-30-9-8-25(17)20(28)32-22(4,5)6/h10-12H,8-9H2,1-7H3,(H,24,27). The zero-order chi connectivity index (χ0) is 24.3. The van der Waals surface area contributed by atoms with Gasteiger partial charge in [0.15, 0.2) is 0 Å². The van der Waals surface area contributed by atoms with E-state index in [0.29, 0.717) is 0 Å². The molecule has 0 aliphatic carbocycles. The van der Waals surface area contributed by atoms with Crippen LogP contribution >= 0.6 is 0 Å². The van der Waals surface area contributed by atoms with Crippen LogP contribution in [-0.4, -0.2) is 54.5 Å². The van der Waals surface area contributed by atoms with Gasteiger partial charge in [-0.25, -0.2) is 18.8 Å². The molecule has 1 aliphatic heterocycles. The lowest BCUT2D eigenvalue weighted by molar-refractivity contribution is 0.0296. The maximum absolute atomic E-state index is 14.7. The van der Waals surface area contributed by atoms with Crippen LogP contribution in [0.15, 0.2) is 18.4 Å². The Balaban J connectivity index is 2.56. The topological polar surface area (TPSA) is 103 Å². The van der Waals surface area contributed by atoms with Crippen LogP contribution in [-0.2, 0) is 18.9 Å². The van der Waals surface area contributed by atoms with Gasteiger partial charge in [-0.1, -0.05) is 0 Å². The van der Waals surface area contributed by atoms with Crippen molar-refractivity contribution in [2.45, 2.75) is 52.7 Å². The number of nitrogens with zero attached hydrogens (tertiary/aromatic N) is 1. The number of methoxy groups -OCH3 is 1. The highest BCUT2D eigenvalue weighted by atomic mass is 19.1. The monoisotopic (exact) mass is 452 g/mol. The first kappa shape index (κ1) is 25.0. The smallest absolute Gasteiger partial charge is 0.415 e. The van der Waals surface area contributed by atoms with Crippen LogP contribution in [0, 0.1) is 5.82 Å². The molecule has 0 saturated heterocycles. The molecular weight excluding hydrogens is 423 g/mol. The van der Waals surface area contributed by atoms with E-state index in [1.54, 1.807) is 41.5 Å². The van der Waals surface area contributed by atoms with Gasteiger partial charge in [0.05, 0.1) is 30.6 Å². The van der Waals surface area contributed by atoms with Gasteiger partial charge < -0.3 is 18.9 Å². The molecule has 1 aliphatic rings. The number of benzene rings is 1. The number of hydrogen-bond acceptors (Lipinski definition) is 7. The number of esters is 1. The van der Waals surface area contributed by atoms with Crippen LogP contribution in [0.5, 0.6) is 0 Å². The molecule has 0 fully saturated rings. The van der Waals surface area contributed by atoms with Gasteiger partial charge in [0.2, 0.25) is 0 Å². The first-order chi connectivity index (χ1) is 14.7. The van der Waals surface area contributed by atoms with E-state index < -0.39 is 35.2 Å². The van der Waals surface area contributed by atoms with E-state index in [0.717, 1.165) is 13.2 Å². The van der Waals surface area contributed by atoms with Gasteiger partial charge in [-0.05, 0) is 53.7 Å². The zero-order valence-corrected chi connectivity index (χ0v) is 19.3. The number of carbonyl (C=O) groups excluding carboxylic acids is 3. The summed E-state index contributed by atoms with van der Waals surface area (Å²) < 4.78 is 35.4. The van der Waals surface area contributed by atoms with Gasteiger partial charge in [0, 0.05) is 5.56 Å². The van der Waals surface area contributed by atoms with Gasteiger partial charge in [-0.3, -0.25) is 10.2 Å². The van der Waals surface area contributed by atoms with Crippen molar-refractivity contribution in [2.75, 3.05) is 25.6 Å². The van der Waals surface area contributed by atoms with E-state index in [1.807, 2.05) is 0 Å². The Morgan fingerprint density at radius 3 is 2.25 bits per heavy atom. The molecule has 9 nitrogen and oxygen atoms in total. The number of rotatable bonds is 3. The molecule has 0 bridgehead atoms. The highest BCUT2D eigenvalue weighted by molar-refractivity contribution is 5.97. The fourth-order valence-corrected chi connectivity index (χ4v) is 2.75. The highest BCUT2D eigenvalue weighted by Crippen LogP contribution is 2.33. The number of amides is 2. The first-order valence-electron chi connectivity index (χ1n) is 9.96. The maximum Gasteiger partial charge on any atom is 0.415 e. The van der Waals surface area contributed by atoms with Crippen LogP contribution in [0.4, 0.5) is 19.7 Å². The molecule has 0 aromatic heterocycles. The van der Waals surface area contributed by atoms with Crippen molar-refractivity contribution in [2.24, 2.45) is 0 Å². The summed E-state index contributed by atoms with van der Waals surface area (Å²) in [5, 5.41) is 2.47. The van der Waals surface area contributed by atoms with E-state index in [1.165, 1.54) is 17.2 Å². The van der Waals surface area contributed by atoms with Gasteiger partial charge >= 0.3 is 18.2 Å². The SMILES string of the molecule is COC(=O)c1cc(C2=COCCN2C(=O)OC(C)(C)C)c(NC(=O)OC(C)(C)C)cc1F. The van der Waals surface area contributed by atoms with E-state index >= 15 is 0 Å². The van der Waals surface area contributed by atoms with E-state index in [4.69, 9.17) is 14.2 Å². The summed E-state index contributed by atoms with van der Waals surface area (Å²) in [5.74, 6) is -1.85. The number of ether oxygens (including phenoxy) is 4. The molecule has 0 spiro atoms. The molecule has 10 heteroatoms. The van der Waals surface area contributed by atoms with Crippen LogP contribution in [0.2, 0.25) is 0 Å². The lowest BCUT2D eigenvalue weighted by Gasteiger charge is -2.32. The third-order valence-electron chi connectivity index (χ3n) is 3.96. The van der Waals surface area contributed by atoms with E-state index in [-0.39, 0.29) is 35.7 Å². The lowest BCUT2D eigenvalue weighted by atomic mass is 10.0. The Morgan fingerprint density at radius 2 is 1.69 bits per heavy atom. The number of carbonyl (C=O) groups is 3. The van der Waals surface area contributed by atoms with Crippen LogP contribution in [0.25, 0.3) is 5.70 Å². The lowest BCUT2D eigenvalue weighted by Crippen LogP contribution is -2.39. The average Bonchev–Trinajstić information content (AvgIpc) is 2.64. The quantitative estimate of drug-likeness (QED) is 0.531. The average molecular weight is 452 g/mol. The van der Waals surface area contributed by atoms with Crippen molar-refractivity contribution in [1.82, 2.24) is 4.90 Å². The predicted molar refractivity (Wildman–Crippen MR) is 114 cm³/mol. The van der Waals surface area contributed by atoms with E-state index in [2.05, 4.69) is 10.1 Å². The molecule has 1 heterocycles. The van der Waals surface area contributed by atoms with Crippen molar-refractivity contribution in [1.29, 1.82) is 0 Å². The summed E-state index contributed by atoms with van der Waals surface area (Å²) in [7, 11) is 1.12. The maximum atomic E-state index is 14.7. The summed E-state index contributed by atoms with van der Waals surface area (Å²) in [6.45, 7) is 10.5. The molecule has 32 heavy (non-hydrogen) atoms. The van der Waals surface area contributed by atoms with Gasteiger partial charge in [0.1, 0.15) is 29.9 Å². The summed E-state index contributed by atoms with van der Waals surface area (Å²) in [5.41, 5.74) is -1.67. The minimum atomic E-state index is -0.923. The molecular formula is C22H29FN2O7. The Labute approximate surface area is 186 Å². The fourth-order valence-electron chi connectivity index (χ4n) is 2.75. The van der Waals surface area contributed by atoms with Gasteiger partial charge in [-0.15, -0.1) is 0 Å². The number of halogens is 1. The predicted octanol–water partition coefficient (Wildman–Crippen LogP) is 4.53. The molecule has 1 N–H and O–H groups in total.